The summed E-state index contributed by atoms with van der Waals surface area (Å²) in [4.78, 5) is 35.2. The van der Waals surface area contributed by atoms with Crippen molar-refractivity contribution in [2.75, 3.05) is 23.3 Å². The molecule has 0 aliphatic rings. The smallest absolute Gasteiger partial charge is 0.274 e. The van der Waals surface area contributed by atoms with Crippen LogP contribution in [0.25, 0.3) is 0 Å². The molecule has 2 rings (SSSR count). The molecular weight excluding hydrogens is 328 g/mol. The predicted octanol–water partition coefficient (Wildman–Crippen LogP) is 3.87. The highest BCUT2D eigenvalue weighted by molar-refractivity contribution is 6.04. The average Bonchev–Trinajstić information content (AvgIpc) is 2.61. The van der Waals surface area contributed by atoms with Crippen LogP contribution >= 0.6 is 0 Å². The van der Waals surface area contributed by atoms with Crippen molar-refractivity contribution >= 4 is 23.3 Å². The van der Waals surface area contributed by atoms with Crippen molar-refractivity contribution in [3.8, 4) is 0 Å². The van der Waals surface area contributed by atoms with Gasteiger partial charge in [-0.15, -0.1) is 0 Å². The number of anilines is 2. The van der Waals surface area contributed by atoms with Crippen LogP contribution in [0.15, 0.2) is 30.3 Å². The van der Waals surface area contributed by atoms with Crippen molar-refractivity contribution in [2.24, 2.45) is 0 Å². The lowest BCUT2D eigenvalue weighted by molar-refractivity contribution is 0.100. The van der Waals surface area contributed by atoms with E-state index in [2.05, 4.69) is 34.0 Å². The first-order valence-corrected chi connectivity index (χ1v) is 8.97. The fraction of sp³-hybridized carbons (Fsp3) is 0.400. The minimum atomic E-state index is -0.314. The maximum absolute atomic E-state index is 12.6. The van der Waals surface area contributed by atoms with Gasteiger partial charge in [-0.3, -0.25) is 9.59 Å². The van der Waals surface area contributed by atoms with Crippen molar-refractivity contribution in [1.29, 1.82) is 0 Å². The lowest BCUT2D eigenvalue weighted by Gasteiger charge is -2.22. The largest absolute Gasteiger partial charge is 0.341 e. The topological polar surface area (TPSA) is 75.2 Å². The summed E-state index contributed by atoms with van der Waals surface area (Å²) in [5.41, 5.74) is 2.19. The molecule has 1 aromatic carbocycles. The lowest BCUT2D eigenvalue weighted by Crippen LogP contribution is -2.28. The van der Waals surface area contributed by atoms with Gasteiger partial charge in [-0.05, 0) is 44.9 Å². The Hall–Kier alpha value is -2.76. The van der Waals surface area contributed by atoms with Crippen LogP contribution in [-0.4, -0.2) is 34.7 Å². The number of ketones is 1. The van der Waals surface area contributed by atoms with Crippen molar-refractivity contribution in [1.82, 2.24) is 9.97 Å². The first-order valence-electron chi connectivity index (χ1n) is 8.97. The maximum atomic E-state index is 12.6. The molecule has 6 heteroatoms. The number of nitrogens with one attached hydrogen (secondary N) is 1. The molecule has 0 fully saturated rings. The highest BCUT2D eigenvalue weighted by Gasteiger charge is 2.15. The fourth-order valence-corrected chi connectivity index (χ4v) is 2.67. The summed E-state index contributed by atoms with van der Waals surface area (Å²) in [5, 5.41) is 2.81. The Morgan fingerprint density at radius 2 is 1.77 bits per heavy atom. The molecule has 0 bridgehead atoms. The van der Waals surface area contributed by atoms with Gasteiger partial charge in [-0.25, -0.2) is 9.97 Å². The van der Waals surface area contributed by atoms with E-state index in [0.29, 0.717) is 22.9 Å². The van der Waals surface area contributed by atoms with Gasteiger partial charge in [0.2, 0.25) is 5.95 Å². The Bertz CT molecular complexity index is 783. The molecule has 0 saturated carbocycles. The SMILES string of the molecule is CCCN(CCC)c1nc(C)cc(C(=O)Nc2cccc(C(C)=O)c2)n1. The Morgan fingerprint density at radius 3 is 2.38 bits per heavy atom. The molecule has 0 saturated heterocycles. The second-order valence-electron chi connectivity index (χ2n) is 6.27. The summed E-state index contributed by atoms with van der Waals surface area (Å²) in [5.74, 6) is 0.220. The third-order valence-electron chi connectivity index (χ3n) is 3.87. The third kappa shape index (κ3) is 5.12. The zero-order valence-electron chi connectivity index (χ0n) is 15.9. The van der Waals surface area contributed by atoms with Crippen LogP contribution in [0.1, 0.15) is 60.2 Å². The second-order valence-corrected chi connectivity index (χ2v) is 6.27. The number of rotatable bonds is 8. The molecule has 2 aromatic rings. The van der Waals surface area contributed by atoms with Crippen molar-refractivity contribution in [3.63, 3.8) is 0 Å². The Balaban J connectivity index is 2.26. The summed E-state index contributed by atoms with van der Waals surface area (Å²) in [7, 11) is 0. The van der Waals surface area contributed by atoms with Gasteiger partial charge in [0, 0.05) is 30.0 Å². The van der Waals surface area contributed by atoms with Crippen molar-refractivity contribution in [3.05, 3.63) is 47.3 Å². The molecule has 6 nitrogen and oxygen atoms in total. The molecule has 1 aromatic heterocycles. The van der Waals surface area contributed by atoms with Crippen LogP contribution in [0.3, 0.4) is 0 Å². The van der Waals surface area contributed by atoms with E-state index in [0.717, 1.165) is 31.6 Å². The normalized spacial score (nSPS) is 10.5. The number of amides is 1. The van der Waals surface area contributed by atoms with Gasteiger partial charge in [0.1, 0.15) is 5.69 Å². The second kappa shape index (κ2) is 9.08. The molecule has 138 valence electrons. The molecular formula is C20H26N4O2. The molecule has 26 heavy (non-hydrogen) atoms. The molecule has 1 amide bonds. The average molecular weight is 354 g/mol. The quantitative estimate of drug-likeness (QED) is 0.729. The van der Waals surface area contributed by atoms with Gasteiger partial charge in [0.25, 0.3) is 5.91 Å². The third-order valence-corrected chi connectivity index (χ3v) is 3.87. The summed E-state index contributed by atoms with van der Waals surface area (Å²) in [6.07, 6.45) is 1.97. The molecule has 0 aliphatic heterocycles. The molecule has 1 N–H and O–H groups in total. The van der Waals surface area contributed by atoms with E-state index >= 15 is 0 Å². The van der Waals surface area contributed by atoms with Gasteiger partial charge < -0.3 is 10.2 Å². The highest BCUT2D eigenvalue weighted by Crippen LogP contribution is 2.15. The van der Waals surface area contributed by atoms with E-state index in [4.69, 9.17) is 0 Å². The summed E-state index contributed by atoms with van der Waals surface area (Å²) in [6.45, 7) is 9.26. The molecule has 0 atom stereocenters. The van der Waals surface area contributed by atoms with Crippen LogP contribution in [0.4, 0.5) is 11.6 Å². The number of nitrogens with zero attached hydrogens (tertiary/aromatic N) is 3. The van der Waals surface area contributed by atoms with Gasteiger partial charge in [-0.2, -0.15) is 0 Å². The molecule has 0 spiro atoms. The van der Waals surface area contributed by atoms with E-state index in [-0.39, 0.29) is 11.7 Å². The Labute approximate surface area is 154 Å². The van der Waals surface area contributed by atoms with E-state index in [1.807, 2.05) is 6.92 Å². The fourth-order valence-electron chi connectivity index (χ4n) is 2.67. The minimum Gasteiger partial charge on any atom is -0.341 e. The number of hydrogen-bond acceptors (Lipinski definition) is 5. The number of hydrogen-bond donors (Lipinski definition) is 1. The van der Waals surface area contributed by atoms with Crippen LogP contribution in [0.5, 0.6) is 0 Å². The predicted molar refractivity (Wildman–Crippen MR) is 104 cm³/mol. The number of aryl methyl sites for hydroxylation is 1. The first kappa shape index (κ1) is 19.6. The van der Waals surface area contributed by atoms with Crippen LogP contribution in [-0.2, 0) is 0 Å². The Kier molecular flexibility index (Phi) is 6.83. The molecule has 0 aliphatic carbocycles. The highest BCUT2D eigenvalue weighted by atomic mass is 16.2. The van der Waals surface area contributed by atoms with E-state index in [1.54, 1.807) is 30.3 Å². The molecule has 1 heterocycles. The van der Waals surface area contributed by atoms with Crippen molar-refractivity contribution < 1.29 is 9.59 Å². The zero-order chi connectivity index (χ0) is 19.1. The number of benzene rings is 1. The standard InChI is InChI=1S/C20H26N4O2/c1-5-10-24(11-6-2)20-21-14(3)12-18(23-20)19(26)22-17-9-7-8-16(13-17)15(4)25/h7-9,12-13H,5-6,10-11H2,1-4H3,(H,22,26). The van der Waals surface area contributed by atoms with Gasteiger partial charge in [-0.1, -0.05) is 26.0 Å². The lowest BCUT2D eigenvalue weighted by atomic mass is 10.1. The molecule has 0 radical (unpaired) electrons. The van der Waals surface area contributed by atoms with Gasteiger partial charge >= 0.3 is 0 Å². The number of carbonyl (C=O) groups is 2. The maximum Gasteiger partial charge on any atom is 0.274 e. The molecule has 0 unspecified atom stereocenters. The minimum absolute atomic E-state index is 0.0453. The first-order chi connectivity index (χ1) is 12.4. The van der Waals surface area contributed by atoms with Crippen LogP contribution < -0.4 is 10.2 Å². The van der Waals surface area contributed by atoms with Gasteiger partial charge in [0.05, 0.1) is 0 Å². The van der Waals surface area contributed by atoms with Crippen LogP contribution in [0, 0.1) is 6.92 Å². The van der Waals surface area contributed by atoms with Crippen LogP contribution in [0.2, 0.25) is 0 Å². The number of aromatic nitrogens is 2. The number of carbonyl (C=O) groups excluding carboxylic acids is 2. The zero-order valence-corrected chi connectivity index (χ0v) is 15.9. The summed E-state index contributed by atoms with van der Waals surface area (Å²) < 4.78 is 0. The van der Waals surface area contributed by atoms with E-state index < -0.39 is 0 Å². The van der Waals surface area contributed by atoms with Gasteiger partial charge in [0.15, 0.2) is 5.78 Å². The summed E-state index contributed by atoms with van der Waals surface area (Å²) >= 11 is 0. The Morgan fingerprint density at radius 1 is 1.08 bits per heavy atom. The monoisotopic (exact) mass is 354 g/mol. The van der Waals surface area contributed by atoms with E-state index in [9.17, 15) is 9.59 Å². The summed E-state index contributed by atoms with van der Waals surface area (Å²) in [6, 6.07) is 8.55. The van der Waals surface area contributed by atoms with Crippen molar-refractivity contribution in [2.45, 2.75) is 40.5 Å². The number of Topliss-reactive ketones (excluding diaryl/α,β-unsaturated/α-hetero) is 1. The van der Waals surface area contributed by atoms with E-state index in [1.165, 1.54) is 6.92 Å².